The number of rotatable bonds is 4. The smallest absolute Gasteiger partial charge is 0.0897 e. The van der Waals surface area contributed by atoms with Gasteiger partial charge in [0.2, 0.25) is 0 Å². The fourth-order valence-corrected chi connectivity index (χ4v) is 2.50. The minimum Gasteiger partial charge on any atom is -0.375 e. The Balaban J connectivity index is 1.69. The molecule has 1 aromatic rings. The normalized spacial score (nSPS) is 25.2. The zero-order chi connectivity index (χ0) is 12.5. The number of nitrogens with zero attached hydrogens (tertiary/aromatic N) is 3. The van der Waals surface area contributed by atoms with Gasteiger partial charge in [-0.25, -0.2) is 0 Å². The Hall–Kier alpha value is -0.870. The van der Waals surface area contributed by atoms with E-state index in [1.54, 1.807) is 0 Å². The minimum absolute atomic E-state index is 0.286. The summed E-state index contributed by atoms with van der Waals surface area (Å²) in [4.78, 5) is 2.48. The second kappa shape index (κ2) is 5.02. The third-order valence-electron chi connectivity index (χ3n) is 3.98. The number of hydrogen-bond donors (Lipinski definition) is 0. The molecular weight excluding hydrogens is 226 g/mol. The molecule has 0 N–H and O–H groups in total. The number of fused-ring (bicyclic) bond motifs is 1. The zero-order valence-electron chi connectivity index (χ0n) is 11.4. The maximum Gasteiger partial charge on any atom is 0.0897 e. The van der Waals surface area contributed by atoms with Gasteiger partial charge in [0.05, 0.1) is 18.3 Å². The van der Waals surface area contributed by atoms with E-state index in [4.69, 9.17) is 4.74 Å². The molecule has 4 heteroatoms. The molecule has 100 valence electrons. The Kier molecular flexibility index (Phi) is 3.39. The maximum absolute atomic E-state index is 6.09. The van der Waals surface area contributed by atoms with Crippen molar-refractivity contribution < 1.29 is 4.74 Å². The third-order valence-corrected chi connectivity index (χ3v) is 3.98. The summed E-state index contributed by atoms with van der Waals surface area (Å²) >= 11 is 0. The van der Waals surface area contributed by atoms with E-state index in [-0.39, 0.29) is 6.10 Å². The molecule has 0 amide bonds. The average Bonchev–Trinajstić information content (AvgIpc) is 3.10. The molecule has 1 aromatic heterocycles. The standard InChI is InChI=1S/C14H23N3O/c1-11(2)16-7-13-5-6-15-17(13)9-14(8-16)18-10-12-3-4-12/h5-6,11-12,14H,3-4,7-10H2,1-2H3. The van der Waals surface area contributed by atoms with Gasteiger partial charge in [-0.3, -0.25) is 9.58 Å². The molecule has 0 aromatic carbocycles. The highest BCUT2D eigenvalue weighted by Gasteiger charge is 2.27. The van der Waals surface area contributed by atoms with Crippen molar-refractivity contribution >= 4 is 0 Å². The molecule has 1 unspecified atom stereocenters. The van der Waals surface area contributed by atoms with Gasteiger partial charge >= 0.3 is 0 Å². The molecule has 1 saturated carbocycles. The lowest BCUT2D eigenvalue weighted by Crippen LogP contribution is -2.37. The van der Waals surface area contributed by atoms with Crippen molar-refractivity contribution in [2.75, 3.05) is 13.2 Å². The number of aromatic nitrogens is 2. The molecule has 2 heterocycles. The van der Waals surface area contributed by atoms with Crippen molar-refractivity contribution in [1.82, 2.24) is 14.7 Å². The van der Waals surface area contributed by atoms with Crippen LogP contribution in [0.3, 0.4) is 0 Å². The minimum atomic E-state index is 0.286. The van der Waals surface area contributed by atoms with Crippen LogP contribution in [0.25, 0.3) is 0 Å². The van der Waals surface area contributed by atoms with E-state index in [0.717, 1.165) is 32.2 Å². The Morgan fingerprint density at radius 2 is 2.22 bits per heavy atom. The predicted molar refractivity (Wildman–Crippen MR) is 70.2 cm³/mol. The maximum atomic E-state index is 6.09. The van der Waals surface area contributed by atoms with Gasteiger partial charge in [-0.2, -0.15) is 5.10 Å². The molecule has 18 heavy (non-hydrogen) atoms. The van der Waals surface area contributed by atoms with Crippen molar-refractivity contribution in [3.8, 4) is 0 Å². The van der Waals surface area contributed by atoms with Gasteiger partial charge < -0.3 is 4.74 Å². The highest BCUT2D eigenvalue weighted by Crippen LogP contribution is 2.29. The fraction of sp³-hybridized carbons (Fsp3) is 0.786. The molecule has 0 spiro atoms. The first kappa shape index (κ1) is 12.2. The molecule has 0 radical (unpaired) electrons. The van der Waals surface area contributed by atoms with Crippen molar-refractivity contribution in [1.29, 1.82) is 0 Å². The van der Waals surface area contributed by atoms with Crippen LogP contribution in [0.5, 0.6) is 0 Å². The van der Waals surface area contributed by atoms with Crippen molar-refractivity contribution in [2.24, 2.45) is 5.92 Å². The Bertz CT molecular complexity index is 397. The Labute approximate surface area is 109 Å². The van der Waals surface area contributed by atoms with E-state index in [9.17, 15) is 0 Å². The van der Waals surface area contributed by atoms with Crippen LogP contribution in [-0.2, 0) is 17.8 Å². The summed E-state index contributed by atoms with van der Waals surface area (Å²) in [5.41, 5.74) is 1.31. The van der Waals surface area contributed by atoms with E-state index in [1.165, 1.54) is 18.5 Å². The van der Waals surface area contributed by atoms with Crippen LogP contribution in [0.15, 0.2) is 12.3 Å². The van der Waals surface area contributed by atoms with E-state index >= 15 is 0 Å². The largest absolute Gasteiger partial charge is 0.375 e. The molecule has 1 fully saturated rings. The molecule has 3 rings (SSSR count). The van der Waals surface area contributed by atoms with Crippen LogP contribution in [0.2, 0.25) is 0 Å². The lowest BCUT2D eigenvalue weighted by atomic mass is 10.2. The SMILES string of the molecule is CC(C)N1Cc2ccnn2CC(OCC2CC2)C1. The van der Waals surface area contributed by atoms with Crippen LogP contribution in [0, 0.1) is 5.92 Å². The van der Waals surface area contributed by atoms with Gasteiger partial charge in [-0.1, -0.05) is 0 Å². The highest BCUT2D eigenvalue weighted by atomic mass is 16.5. The van der Waals surface area contributed by atoms with Crippen molar-refractivity contribution in [3.63, 3.8) is 0 Å². The van der Waals surface area contributed by atoms with Gasteiger partial charge in [0.1, 0.15) is 0 Å². The molecule has 0 bridgehead atoms. The summed E-state index contributed by atoms with van der Waals surface area (Å²) in [6.45, 7) is 8.36. The van der Waals surface area contributed by atoms with Gasteiger partial charge in [-0.05, 0) is 38.7 Å². The lowest BCUT2D eigenvalue weighted by Gasteiger charge is -2.27. The Morgan fingerprint density at radius 3 is 2.94 bits per heavy atom. The zero-order valence-corrected chi connectivity index (χ0v) is 11.4. The molecule has 2 aliphatic rings. The summed E-state index contributed by atoms with van der Waals surface area (Å²) in [6.07, 6.45) is 4.90. The van der Waals surface area contributed by atoms with Gasteiger partial charge in [0.25, 0.3) is 0 Å². The van der Waals surface area contributed by atoms with Gasteiger partial charge in [0.15, 0.2) is 0 Å². The van der Waals surface area contributed by atoms with Crippen molar-refractivity contribution in [2.45, 2.75) is 51.9 Å². The molecule has 1 aliphatic carbocycles. The summed E-state index contributed by atoms with van der Waals surface area (Å²) in [5.74, 6) is 0.831. The van der Waals surface area contributed by atoms with E-state index in [1.807, 2.05) is 6.20 Å². The summed E-state index contributed by atoms with van der Waals surface area (Å²) in [6, 6.07) is 2.68. The first-order chi connectivity index (χ1) is 8.72. The van der Waals surface area contributed by atoms with Crippen molar-refractivity contribution in [3.05, 3.63) is 18.0 Å². The molecule has 1 aliphatic heterocycles. The summed E-state index contributed by atoms with van der Waals surface area (Å²) in [7, 11) is 0. The summed E-state index contributed by atoms with van der Waals surface area (Å²) < 4.78 is 8.20. The highest BCUT2D eigenvalue weighted by molar-refractivity contribution is 5.03. The van der Waals surface area contributed by atoms with Crippen LogP contribution < -0.4 is 0 Å². The van der Waals surface area contributed by atoms with E-state index in [0.29, 0.717) is 6.04 Å². The Morgan fingerprint density at radius 1 is 1.39 bits per heavy atom. The molecular formula is C14H23N3O. The van der Waals surface area contributed by atoms with Crippen LogP contribution in [0.4, 0.5) is 0 Å². The first-order valence-corrected chi connectivity index (χ1v) is 7.08. The van der Waals surface area contributed by atoms with Gasteiger partial charge in [0, 0.05) is 31.9 Å². The van der Waals surface area contributed by atoms with Crippen LogP contribution >= 0.6 is 0 Å². The monoisotopic (exact) mass is 249 g/mol. The summed E-state index contributed by atoms with van der Waals surface area (Å²) in [5, 5.41) is 4.41. The van der Waals surface area contributed by atoms with E-state index < -0.39 is 0 Å². The third kappa shape index (κ3) is 2.75. The number of hydrogen-bond acceptors (Lipinski definition) is 3. The topological polar surface area (TPSA) is 30.3 Å². The second-order valence-corrected chi connectivity index (χ2v) is 5.93. The van der Waals surface area contributed by atoms with Gasteiger partial charge in [-0.15, -0.1) is 0 Å². The average molecular weight is 249 g/mol. The van der Waals surface area contributed by atoms with Crippen LogP contribution in [-0.4, -0.2) is 40.0 Å². The molecule has 1 atom stereocenters. The number of ether oxygens (including phenoxy) is 1. The van der Waals surface area contributed by atoms with E-state index in [2.05, 4.69) is 34.6 Å². The predicted octanol–water partition coefficient (Wildman–Crippen LogP) is 1.90. The lowest BCUT2D eigenvalue weighted by molar-refractivity contribution is 0.00797. The first-order valence-electron chi connectivity index (χ1n) is 7.08. The second-order valence-electron chi connectivity index (χ2n) is 5.93. The van der Waals surface area contributed by atoms with Crippen LogP contribution in [0.1, 0.15) is 32.4 Å². The molecule has 0 saturated heterocycles. The quantitative estimate of drug-likeness (QED) is 0.816. The molecule has 4 nitrogen and oxygen atoms in total. The fourth-order valence-electron chi connectivity index (χ4n) is 2.50.